The monoisotopic (exact) mass is 789 g/mol. The number of fused-ring (bicyclic) bond motifs is 7. The van der Waals surface area contributed by atoms with Crippen LogP contribution in [0.4, 0.5) is 0 Å². The van der Waals surface area contributed by atoms with Gasteiger partial charge in [-0.2, -0.15) is 0 Å². The number of hydrogen-bond acceptors (Lipinski definition) is 3. The highest BCUT2D eigenvalue weighted by molar-refractivity contribution is 6.20. The largest absolute Gasteiger partial charge is 0.208 e. The predicted octanol–water partition coefficient (Wildman–Crippen LogP) is 15.0. The zero-order chi connectivity index (χ0) is 41.2. The lowest BCUT2D eigenvalue weighted by Crippen LogP contribution is -2.22. The maximum absolute atomic E-state index is 5.32. The molecule has 10 aromatic carbocycles. The van der Waals surface area contributed by atoms with E-state index in [1.807, 2.05) is 6.07 Å². The van der Waals surface area contributed by atoms with Gasteiger partial charge in [0.15, 0.2) is 17.5 Å². The third-order valence-corrected chi connectivity index (χ3v) is 13.0. The molecular weight excluding hydrogens is 751 g/mol. The third-order valence-electron chi connectivity index (χ3n) is 13.0. The number of aromatic nitrogens is 3. The van der Waals surface area contributed by atoms with E-state index in [0.717, 1.165) is 33.4 Å². The zero-order valence-electron chi connectivity index (χ0n) is 34.1. The number of benzene rings is 10. The third kappa shape index (κ3) is 5.70. The average molecular weight is 790 g/mol. The summed E-state index contributed by atoms with van der Waals surface area (Å²) in [5.74, 6) is 1.90. The minimum atomic E-state index is -0.351. The van der Waals surface area contributed by atoms with Gasteiger partial charge < -0.3 is 0 Å². The van der Waals surface area contributed by atoms with E-state index in [1.54, 1.807) is 0 Å². The Hall–Kier alpha value is -8.01. The SMILES string of the molecule is CC1(c2ccccc2)c2ccccc2-c2ccc(-c3nc(-c4ccc(-c5c6ccccc6cc6c5ccc5ccccc56)cc4)nc(-c4ccccc4-c4ccccc4)n3)cc21. The van der Waals surface area contributed by atoms with Crippen molar-refractivity contribution in [2.24, 2.45) is 0 Å². The molecule has 3 nitrogen and oxygen atoms in total. The maximum Gasteiger partial charge on any atom is 0.164 e. The van der Waals surface area contributed by atoms with Crippen molar-refractivity contribution in [3.8, 4) is 67.5 Å². The molecule has 1 aromatic heterocycles. The second-order valence-corrected chi connectivity index (χ2v) is 16.4. The summed E-state index contributed by atoms with van der Waals surface area (Å²) in [6.45, 7) is 2.35. The van der Waals surface area contributed by atoms with Gasteiger partial charge in [0, 0.05) is 22.1 Å². The molecule has 0 radical (unpaired) electrons. The van der Waals surface area contributed by atoms with Crippen molar-refractivity contribution in [3.63, 3.8) is 0 Å². The molecule has 0 saturated carbocycles. The van der Waals surface area contributed by atoms with Gasteiger partial charge in [-0.3, -0.25) is 0 Å². The van der Waals surface area contributed by atoms with Crippen LogP contribution in [0.25, 0.3) is 99.9 Å². The molecule has 62 heavy (non-hydrogen) atoms. The van der Waals surface area contributed by atoms with Crippen molar-refractivity contribution in [1.82, 2.24) is 15.0 Å². The van der Waals surface area contributed by atoms with E-state index in [4.69, 9.17) is 15.0 Å². The molecule has 1 unspecified atom stereocenters. The molecule has 11 aromatic rings. The van der Waals surface area contributed by atoms with Gasteiger partial charge in [0.2, 0.25) is 0 Å². The summed E-state index contributed by atoms with van der Waals surface area (Å²) in [4.78, 5) is 15.9. The predicted molar refractivity (Wildman–Crippen MR) is 257 cm³/mol. The molecule has 1 heterocycles. The van der Waals surface area contributed by atoms with Crippen molar-refractivity contribution in [2.75, 3.05) is 0 Å². The molecule has 3 heteroatoms. The van der Waals surface area contributed by atoms with Crippen LogP contribution in [-0.2, 0) is 5.41 Å². The van der Waals surface area contributed by atoms with E-state index in [0.29, 0.717) is 17.5 Å². The zero-order valence-corrected chi connectivity index (χ0v) is 34.1. The van der Waals surface area contributed by atoms with Gasteiger partial charge >= 0.3 is 0 Å². The summed E-state index contributed by atoms with van der Waals surface area (Å²) in [6, 6.07) is 78.3. The molecule has 290 valence electrons. The second-order valence-electron chi connectivity index (χ2n) is 16.4. The van der Waals surface area contributed by atoms with Crippen molar-refractivity contribution >= 4 is 32.3 Å². The van der Waals surface area contributed by atoms with Gasteiger partial charge in [-0.1, -0.05) is 206 Å². The highest BCUT2D eigenvalue weighted by Gasteiger charge is 2.40. The fraction of sp³-hybridized carbons (Fsp3) is 0.0339. The molecule has 1 aliphatic rings. The molecule has 12 rings (SSSR count). The molecular formula is C59H39N3. The van der Waals surface area contributed by atoms with E-state index in [1.165, 1.54) is 65.7 Å². The average Bonchev–Trinajstić information content (AvgIpc) is 3.61. The Labute approximate surface area is 360 Å². The Morgan fingerprint density at radius 1 is 0.306 bits per heavy atom. The van der Waals surface area contributed by atoms with Crippen molar-refractivity contribution in [2.45, 2.75) is 12.3 Å². The summed E-state index contributed by atoms with van der Waals surface area (Å²) in [7, 11) is 0. The smallest absolute Gasteiger partial charge is 0.164 e. The first-order valence-corrected chi connectivity index (χ1v) is 21.3. The summed E-state index contributed by atoms with van der Waals surface area (Å²) in [5, 5.41) is 7.44. The first-order valence-electron chi connectivity index (χ1n) is 21.3. The molecule has 0 saturated heterocycles. The van der Waals surface area contributed by atoms with Crippen LogP contribution in [0.2, 0.25) is 0 Å². The van der Waals surface area contributed by atoms with Crippen LogP contribution in [0.3, 0.4) is 0 Å². The molecule has 0 bridgehead atoms. The van der Waals surface area contributed by atoms with Gasteiger partial charge in [-0.15, -0.1) is 0 Å². The van der Waals surface area contributed by atoms with Gasteiger partial charge in [0.25, 0.3) is 0 Å². The van der Waals surface area contributed by atoms with Gasteiger partial charge in [0.05, 0.1) is 0 Å². The van der Waals surface area contributed by atoms with Crippen LogP contribution in [0.15, 0.2) is 218 Å². The first-order chi connectivity index (χ1) is 30.6. The van der Waals surface area contributed by atoms with Crippen molar-refractivity contribution in [1.29, 1.82) is 0 Å². The van der Waals surface area contributed by atoms with Crippen LogP contribution >= 0.6 is 0 Å². The second kappa shape index (κ2) is 14.3. The lowest BCUT2D eigenvalue weighted by Gasteiger charge is -2.28. The van der Waals surface area contributed by atoms with E-state index in [-0.39, 0.29) is 5.41 Å². The Balaban J connectivity index is 1.04. The minimum Gasteiger partial charge on any atom is -0.208 e. The molecule has 0 spiro atoms. The summed E-state index contributed by atoms with van der Waals surface area (Å²) < 4.78 is 0. The van der Waals surface area contributed by atoms with Crippen molar-refractivity contribution in [3.05, 3.63) is 235 Å². The Kier molecular flexibility index (Phi) is 8.29. The lowest BCUT2D eigenvalue weighted by molar-refractivity contribution is 0.714. The normalized spacial score (nSPS) is 14.3. The van der Waals surface area contributed by atoms with Crippen LogP contribution < -0.4 is 0 Å². The van der Waals surface area contributed by atoms with Crippen molar-refractivity contribution < 1.29 is 0 Å². The molecule has 0 N–H and O–H groups in total. The molecule has 1 aliphatic carbocycles. The highest BCUT2D eigenvalue weighted by atomic mass is 15.0. The van der Waals surface area contributed by atoms with Gasteiger partial charge in [0.1, 0.15) is 0 Å². The lowest BCUT2D eigenvalue weighted by atomic mass is 9.74. The molecule has 0 fully saturated rings. The Bertz CT molecular complexity index is 3520. The van der Waals surface area contributed by atoms with E-state index in [2.05, 4.69) is 219 Å². The van der Waals surface area contributed by atoms with Crippen LogP contribution in [0.5, 0.6) is 0 Å². The number of rotatable bonds is 6. The standard InChI is InChI=1S/C59H39N3/c1-59(44-20-6-3-7-21-44)53-27-15-14-25-48(53)49-34-33-43(37-54(49)59)57-60-56(61-58(62-57)51-26-13-12-22-45(51)38-16-4-2-5-17-38)41-30-28-40(29-31-41)55-47-24-11-9-19-42(47)36-52-46-23-10-8-18-39(46)32-35-50(52)55/h2-37H,1H3. The maximum atomic E-state index is 5.32. The quantitative estimate of drug-likeness (QED) is 0.124. The number of hydrogen-bond donors (Lipinski definition) is 0. The van der Waals surface area contributed by atoms with Gasteiger partial charge in [-0.25, -0.2) is 15.0 Å². The fourth-order valence-corrected chi connectivity index (χ4v) is 9.93. The van der Waals surface area contributed by atoms with Crippen LogP contribution in [-0.4, -0.2) is 15.0 Å². The summed E-state index contributed by atoms with van der Waals surface area (Å²) in [5.41, 5.74) is 13.3. The first kappa shape index (κ1) is 35.9. The molecule has 1 atom stereocenters. The highest BCUT2D eigenvalue weighted by Crippen LogP contribution is 2.53. The summed E-state index contributed by atoms with van der Waals surface area (Å²) >= 11 is 0. The van der Waals surface area contributed by atoms with E-state index >= 15 is 0 Å². The van der Waals surface area contributed by atoms with Crippen LogP contribution in [0, 0.1) is 0 Å². The Morgan fingerprint density at radius 3 is 1.66 bits per heavy atom. The molecule has 0 aliphatic heterocycles. The Morgan fingerprint density at radius 2 is 0.871 bits per heavy atom. The van der Waals surface area contributed by atoms with Crippen LogP contribution in [0.1, 0.15) is 23.6 Å². The van der Waals surface area contributed by atoms with E-state index in [9.17, 15) is 0 Å². The topological polar surface area (TPSA) is 38.7 Å². The summed E-state index contributed by atoms with van der Waals surface area (Å²) in [6.07, 6.45) is 0. The number of nitrogens with zero attached hydrogens (tertiary/aromatic N) is 3. The minimum absolute atomic E-state index is 0.351. The van der Waals surface area contributed by atoms with E-state index < -0.39 is 0 Å². The fourth-order valence-electron chi connectivity index (χ4n) is 9.93. The van der Waals surface area contributed by atoms with Gasteiger partial charge in [-0.05, 0) is 101 Å². The molecule has 0 amide bonds.